The zero-order valence-corrected chi connectivity index (χ0v) is 11.4. The second-order valence-corrected chi connectivity index (χ2v) is 5.32. The molecule has 0 radical (unpaired) electrons. The van der Waals surface area contributed by atoms with E-state index in [0.717, 1.165) is 0 Å². The maximum absolute atomic E-state index is 12.0. The van der Waals surface area contributed by atoms with Crippen molar-refractivity contribution in [1.82, 2.24) is 10.2 Å². The number of rotatable bonds is 2. The number of amides is 2. The standard InChI is InChI=1S/C11H13N5O3S/c17-8(16-1-3-19-4-2-16)6-20-11-13-9-7(5-12-15-9)10(18)14-11/h5,9H,1-4,6H2,(H,13,14,18). The Kier molecular flexibility index (Phi) is 3.79. The molecule has 0 saturated carbocycles. The number of aliphatic imine (C=N–C) groups is 1. The Morgan fingerprint density at radius 1 is 1.50 bits per heavy atom. The fourth-order valence-electron chi connectivity index (χ4n) is 1.98. The number of fused-ring (bicyclic) bond motifs is 1. The summed E-state index contributed by atoms with van der Waals surface area (Å²) in [5, 5.41) is 10.6. The summed E-state index contributed by atoms with van der Waals surface area (Å²) in [4.78, 5) is 29.7. The minimum Gasteiger partial charge on any atom is -0.378 e. The van der Waals surface area contributed by atoms with Gasteiger partial charge < -0.3 is 15.0 Å². The van der Waals surface area contributed by atoms with Crippen molar-refractivity contribution < 1.29 is 14.3 Å². The number of nitrogens with one attached hydrogen (secondary N) is 1. The minimum atomic E-state index is -0.551. The van der Waals surface area contributed by atoms with Gasteiger partial charge in [-0.05, 0) is 0 Å². The van der Waals surface area contributed by atoms with Crippen molar-refractivity contribution in [3.63, 3.8) is 0 Å². The predicted octanol–water partition coefficient (Wildman–Crippen LogP) is -0.260. The third-order valence-electron chi connectivity index (χ3n) is 3.07. The summed E-state index contributed by atoms with van der Waals surface area (Å²) in [5.74, 6) is 0.00289. The summed E-state index contributed by atoms with van der Waals surface area (Å²) in [6.07, 6.45) is 0.855. The highest BCUT2D eigenvalue weighted by molar-refractivity contribution is 8.14. The molecule has 0 spiro atoms. The minimum absolute atomic E-state index is 0.0182. The maximum Gasteiger partial charge on any atom is 0.258 e. The van der Waals surface area contributed by atoms with E-state index in [4.69, 9.17) is 4.74 Å². The zero-order valence-electron chi connectivity index (χ0n) is 10.6. The predicted molar refractivity (Wildman–Crippen MR) is 72.2 cm³/mol. The van der Waals surface area contributed by atoms with E-state index >= 15 is 0 Å². The molecule has 3 aliphatic heterocycles. The van der Waals surface area contributed by atoms with Crippen LogP contribution in [0.2, 0.25) is 0 Å². The van der Waals surface area contributed by atoms with Crippen LogP contribution in [-0.2, 0) is 14.3 Å². The van der Waals surface area contributed by atoms with Gasteiger partial charge >= 0.3 is 0 Å². The number of ether oxygens (including phenoxy) is 1. The zero-order chi connectivity index (χ0) is 13.9. The second-order valence-electron chi connectivity index (χ2n) is 4.36. The van der Waals surface area contributed by atoms with E-state index in [1.54, 1.807) is 4.90 Å². The average molecular weight is 295 g/mol. The Morgan fingerprint density at radius 3 is 3.10 bits per heavy atom. The van der Waals surface area contributed by atoms with Crippen LogP contribution in [0.1, 0.15) is 0 Å². The molecule has 9 heteroatoms. The number of hydrogen-bond acceptors (Lipinski definition) is 7. The summed E-state index contributed by atoms with van der Waals surface area (Å²) in [6.45, 7) is 2.37. The number of azo groups is 1. The van der Waals surface area contributed by atoms with Crippen LogP contribution in [0.4, 0.5) is 0 Å². The first kappa shape index (κ1) is 13.3. The molecule has 1 fully saturated rings. The lowest BCUT2D eigenvalue weighted by Gasteiger charge is -2.27. The van der Waals surface area contributed by atoms with E-state index in [1.165, 1.54) is 18.0 Å². The van der Waals surface area contributed by atoms with Gasteiger partial charge in [0.2, 0.25) is 5.91 Å². The molecule has 0 bridgehead atoms. The number of hydrogen-bond donors (Lipinski definition) is 1. The maximum atomic E-state index is 12.0. The van der Waals surface area contributed by atoms with Crippen molar-refractivity contribution in [3.05, 3.63) is 11.8 Å². The van der Waals surface area contributed by atoms with Crippen molar-refractivity contribution in [1.29, 1.82) is 0 Å². The van der Waals surface area contributed by atoms with Crippen LogP contribution in [0.25, 0.3) is 0 Å². The molecule has 1 unspecified atom stereocenters. The van der Waals surface area contributed by atoms with Crippen LogP contribution < -0.4 is 5.32 Å². The number of carbonyl (C=O) groups excluding carboxylic acids is 2. The van der Waals surface area contributed by atoms with E-state index < -0.39 is 6.17 Å². The van der Waals surface area contributed by atoms with Crippen LogP contribution in [0.5, 0.6) is 0 Å². The fraction of sp³-hybridized carbons (Fsp3) is 0.545. The van der Waals surface area contributed by atoms with Crippen molar-refractivity contribution in [2.75, 3.05) is 32.1 Å². The molecule has 3 heterocycles. The van der Waals surface area contributed by atoms with Crippen LogP contribution in [0.3, 0.4) is 0 Å². The number of nitrogens with zero attached hydrogens (tertiary/aromatic N) is 4. The molecule has 3 aliphatic rings. The molecule has 2 amide bonds. The van der Waals surface area contributed by atoms with Gasteiger partial charge in [0.15, 0.2) is 11.3 Å². The molecular formula is C11H13N5O3S. The first-order valence-electron chi connectivity index (χ1n) is 6.21. The van der Waals surface area contributed by atoms with Gasteiger partial charge in [-0.15, -0.1) is 0 Å². The molecule has 8 nitrogen and oxygen atoms in total. The van der Waals surface area contributed by atoms with Crippen molar-refractivity contribution >= 4 is 28.7 Å². The lowest BCUT2D eigenvalue weighted by molar-refractivity contribution is -0.132. The SMILES string of the molecule is O=C1NC(SCC(=O)N2CCOCC2)=NC2N=NC=C12. The molecule has 0 aromatic rings. The average Bonchev–Trinajstić information content (AvgIpc) is 2.94. The molecule has 20 heavy (non-hydrogen) atoms. The molecule has 0 aliphatic carbocycles. The summed E-state index contributed by atoms with van der Waals surface area (Å²) in [7, 11) is 0. The van der Waals surface area contributed by atoms with E-state index in [1.807, 2.05) is 0 Å². The monoisotopic (exact) mass is 295 g/mol. The van der Waals surface area contributed by atoms with E-state index in [-0.39, 0.29) is 17.6 Å². The molecule has 0 aromatic heterocycles. The number of morpholine rings is 1. The number of carbonyl (C=O) groups is 2. The summed E-state index contributed by atoms with van der Waals surface area (Å²) >= 11 is 1.21. The fourth-order valence-corrected chi connectivity index (χ4v) is 2.76. The van der Waals surface area contributed by atoms with E-state index in [9.17, 15) is 9.59 Å². The molecule has 106 valence electrons. The Labute approximate surface area is 119 Å². The molecule has 1 N–H and O–H groups in total. The molecule has 1 saturated heterocycles. The summed E-state index contributed by atoms with van der Waals surface area (Å²) < 4.78 is 5.20. The third kappa shape index (κ3) is 2.73. The Bertz CT molecular complexity index is 524. The van der Waals surface area contributed by atoms with Gasteiger partial charge in [-0.2, -0.15) is 10.2 Å². The van der Waals surface area contributed by atoms with Gasteiger partial charge in [-0.1, -0.05) is 11.8 Å². The highest BCUT2D eigenvalue weighted by Gasteiger charge is 2.30. The van der Waals surface area contributed by atoms with Crippen molar-refractivity contribution in [3.8, 4) is 0 Å². The second kappa shape index (κ2) is 5.71. The van der Waals surface area contributed by atoms with Crippen molar-refractivity contribution in [2.45, 2.75) is 6.17 Å². The summed E-state index contributed by atoms with van der Waals surface area (Å²) in [6, 6.07) is 0. The van der Waals surface area contributed by atoms with Gasteiger partial charge in [0.1, 0.15) is 0 Å². The normalized spacial score (nSPS) is 24.9. The summed E-state index contributed by atoms with van der Waals surface area (Å²) in [5.41, 5.74) is 0.439. The first-order valence-corrected chi connectivity index (χ1v) is 7.20. The molecule has 1 atom stereocenters. The van der Waals surface area contributed by atoms with Crippen LogP contribution in [0.15, 0.2) is 27.0 Å². The lowest BCUT2D eigenvalue weighted by atomic mass is 10.2. The van der Waals surface area contributed by atoms with Gasteiger partial charge in [-0.25, -0.2) is 4.99 Å². The van der Waals surface area contributed by atoms with Crippen LogP contribution in [-0.4, -0.2) is 60.1 Å². The molecule has 0 aromatic carbocycles. The quantitative estimate of drug-likeness (QED) is 0.759. The van der Waals surface area contributed by atoms with Gasteiger partial charge in [0, 0.05) is 13.1 Å². The van der Waals surface area contributed by atoms with Gasteiger partial charge in [0.25, 0.3) is 5.91 Å². The largest absolute Gasteiger partial charge is 0.378 e. The highest BCUT2D eigenvalue weighted by atomic mass is 32.2. The van der Waals surface area contributed by atoms with Gasteiger partial charge in [-0.3, -0.25) is 9.59 Å². The smallest absolute Gasteiger partial charge is 0.258 e. The molecular weight excluding hydrogens is 282 g/mol. The number of thioether (sulfide) groups is 1. The first-order chi connectivity index (χ1) is 9.74. The Hall–Kier alpha value is -1.74. The number of amidine groups is 1. The topological polar surface area (TPSA) is 95.7 Å². The van der Waals surface area contributed by atoms with Crippen LogP contribution in [0, 0.1) is 0 Å². The van der Waals surface area contributed by atoms with Crippen LogP contribution >= 0.6 is 11.8 Å². The highest BCUT2D eigenvalue weighted by Crippen LogP contribution is 2.22. The van der Waals surface area contributed by atoms with Gasteiger partial charge in [0.05, 0.1) is 30.7 Å². The van der Waals surface area contributed by atoms with Crippen molar-refractivity contribution in [2.24, 2.45) is 15.2 Å². The van der Waals surface area contributed by atoms with E-state index in [2.05, 4.69) is 20.5 Å². The van der Waals surface area contributed by atoms with E-state index in [0.29, 0.717) is 37.0 Å². The lowest BCUT2D eigenvalue weighted by Crippen LogP contribution is -2.42. The molecule has 3 rings (SSSR count). The Balaban J connectivity index is 1.56. The third-order valence-corrected chi connectivity index (χ3v) is 3.94. The Morgan fingerprint density at radius 2 is 2.30 bits per heavy atom.